The van der Waals surface area contributed by atoms with Crippen LogP contribution in [0.25, 0.3) is 0 Å². The molecule has 0 aliphatic rings. The van der Waals surface area contributed by atoms with Crippen LogP contribution in [0.5, 0.6) is 0 Å². The van der Waals surface area contributed by atoms with Crippen LogP contribution in [-0.4, -0.2) is 29.3 Å². The highest BCUT2D eigenvalue weighted by atomic mass is 16.6. The highest BCUT2D eigenvalue weighted by Gasteiger charge is 2.41. The second kappa shape index (κ2) is 8.25. The van der Waals surface area contributed by atoms with Gasteiger partial charge in [0.15, 0.2) is 0 Å². The SMILES string of the molecule is CCCCCC(CNC(=O)OC(C)(C)C)(C(=O)O)C(C)C. The van der Waals surface area contributed by atoms with Crippen LogP contribution in [0, 0.1) is 11.3 Å². The van der Waals surface area contributed by atoms with Crippen molar-refractivity contribution in [2.75, 3.05) is 6.54 Å². The predicted molar refractivity (Wildman–Crippen MR) is 83.3 cm³/mol. The van der Waals surface area contributed by atoms with Crippen LogP contribution in [0.1, 0.15) is 67.2 Å². The van der Waals surface area contributed by atoms with Gasteiger partial charge in [0.05, 0.1) is 5.41 Å². The molecule has 1 atom stereocenters. The van der Waals surface area contributed by atoms with Crippen molar-refractivity contribution in [3.8, 4) is 0 Å². The molecule has 0 saturated carbocycles. The van der Waals surface area contributed by atoms with Crippen molar-refractivity contribution in [1.29, 1.82) is 0 Å². The summed E-state index contributed by atoms with van der Waals surface area (Å²) in [6.07, 6.45) is 2.87. The van der Waals surface area contributed by atoms with E-state index in [4.69, 9.17) is 4.74 Å². The number of unbranched alkanes of at least 4 members (excludes halogenated alkanes) is 2. The molecular formula is C16H31NO4. The number of rotatable bonds is 8. The number of carboxylic acids is 1. The number of carbonyl (C=O) groups excluding carboxylic acids is 1. The first kappa shape index (κ1) is 19.7. The van der Waals surface area contributed by atoms with Gasteiger partial charge >= 0.3 is 12.1 Å². The van der Waals surface area contributed by atoms with Gasteiger partial charge in [0.2, 0.25) is 0 Å². The Labute approximate surface area is 128 Å². The number of carbonyl (C=O) groups is 2. The van der Waals surface area contributed by atoms with E-state index in [-0.39, 0.29) is 12.5 Å². The van der Waals surface area contributed by atoms with E-state index in [1.165, 1.54) is 0 Å². The maximum absolute atomic E-state index is 11.8. The Hall–Kier alpha value is -1.26. The van der Waals surface area contributed by atoms with Gasteiger partial charge in [0, 0.05) is 6.54 Å². The fourth-order valence-electron chi connectivity index (χ4n) is 2.25. The van der Waals surface area contributed by atoms with Gasteiger partial charge in [0.1, 0.15) is 5.60 Å². The first-order valence-electron chi connectivity index (χ1n) is 7.75. The molecule has 0 aromatic rings. The molecule has 0 aliphatic carbocycles. The van der Waals surface area contributed by atoms with Gasteiger partial charge in [-0.2, -0.15) is 0 Å². The van der Waals surface area contributed by atoms with Crippen molar-refractivity contribution >= 4 is 12.1 Å². The zero-order chi connectivity index (χ0) is 16.7. The van der Waals surface area contributed by atoms with Gasteiger partial charge in [-0.05, 0) is 33.1 Å². The van der Waals surface area contributed by atoms with Crippen molar-refractivity contribution in [3.63, 3.8) is 0 Å². The molecular weight excluding hydrogens is 270 g/mol. The van der Waals surface area contributed by atoms with Crippen molar-refractivity contribution in [2.45, 2.75) is 72.8 Å². The van der Waals surface area contributed by atoms with Gasteiger partial charge in [-0.1, -0.05) is 40.0 Å². The molecule has 5 heteroatoms. The maximum atomic E-state index is 11.8. The lowest BCUT2D eigenvalue weighted by Gasteiger charge is -2.34. The van der Waals surface area contributed by atoms with Crippen LogP contribution >= 0.6 is 0 Å². The highest BCUT2D eigenvalue weighted by Crippen LogP contribution is 2.33. The standard InChI is InChI=1S/C16H31NO4/c1-7-8-9-10-16(12(2)3,13(18)19)11-17-14(20)21-15(4,5)6/h12H,7-11H2,1-6H3,(H,17,20)(H,18,19). The molecule has 0 bridgehead atoms. The number of nitrogens with one attached hydrogen (secondary N) is 1. The van der Waals surface area contributed by atoms with E-state index in [0.29, 0.717) is 6.42 Å². The molecule has 0 fully saturated rings. The number of hydrogen-bond donors (Lipinski definition) is 2. The molecule has 1 amide bonds. The molecule has 0 aliphatic heterocycles. The van der Waals surface area contributed by atoms with Crippen LogP contribution in [0.3, 0.4) is 0 Å². The third-order valence-electron chi connectivity index (χ3n) is 3.70. The molecule has 0 aromatic carbocycles. The Morgan fingerprint density at radius 3 is 2.14 bits per heavy atom. The predicted octanol–water partition coefficient (Wildman–Crippen LogP) is 3.82. The smallest absolute Gasteiger partial charge is 0.407 e. The number of alkyl carbamates (subject to hydrolysis) is 1. The summed E-state index contributed by atoms with van der Waals surface area (Å²) >= 11 is 0. The van der Waals surface area contributed by atoms with Crippen LogP contribution in [0.2, 0.25) is 0 Å². The zero-order valence-corrected chi connectivity index (χ0v) is 14.3. The molecule has 21 heavy (non-hydrogen) atoms. The van der Waals surface area contributed by atoms with Crippen molar-refractivity contribution < 1.29 is 19.4 Å². The fourth-order valence-corrected chi connectivity index (χ4v) is 2.25. The van der Waals surface area contributed by atoms with E-state index in [1.807, 2.05) is 13.8 Å². The molecule has 2 N–H and O–H groups in total. The van der Waals surface area contributed by atoms with Gasteiger partial charge in [-0.3, -0.25) is 4.79 Å². The third-order valence-corrected chi connectivity index (χ3v) is 3.70. The topological polar surface area (TPSA) is 75.6 Å². The maximum Gasteiger partial charge on any atom is 0.407 e. The minimum Gasteiger partial charge on any atom is -0.481 e. The summed E-state index contributed by atoms with van der Waals surface area (Å²) in [6.45, 7) is 11.3. The van der Waals surface area contributed by atoms with Crippen molar-refractivity contribution in [3.05, 3.63) is 0 Å². The molecule has 0 saturated heterocycles. The summed E-state index contributed by atoms with van der Waals surface area (Å²) in [5.41, 5.74) is -1.53. The highest BCUT2D eigenvalue weighted by molar-refractivity contribution is 5.76. The van der Waals surface area contributed by atoms with Crippen LogP contribution < -0.4 is 5.32 Å². The van der Waals surface area contributed by atoms with Crippen molar-refractivity contribution in [1.82, 2.24) is 5.32 Å². The van der Waals surface area contributed by atoms with E-state index >= 15 is 0 Å². The van der Waals surface area contributed by atoms with Crippen LogP contribution in [-0.2, 0) is 9.53 Å². The first-order chi connectivity index (χ1) is 9.55. The summed E-state index contributed by atoms with van der Waals surface area (Å²) in [6, 6.07) is 0. The van der Waals surface area contributed by atoms with Crippen molar-refractivity contribution in [2.24, 2.45) is 11.3 Å². The van der Waals surface area contributed by atoms with Crippen LogP contribution in [0.4, 0.5) is 4.79 Å². The van der Waals surface area contributed by atoms with E-state index in [9.17, 15) is 14.7 Å². The van der Waals surface area contributed by atoms with Gasteiger partial charge in [-0.25, -0.2) is 4.79 Å². The molecule has 0 heterocycles. The summed E-state index contributed by atoms with van der Waals surface area (Å²) in [5.74, 6) is -0.925. The minimum atomic E-state index is -0.938. The Morgan fingerprint density at radius 2 is 1.76 bits per heavy atom. The zero-order valence-electron chi connectivity index (χ0n) is 14.3. The lowest BCUT2D eigenvalue weighted by molar-refractivity contribution is -0.152. The Morgan fingerprint density at radius 1 is 1.19 bits per heavy atom. The second-order valence-corrected chi connectivity index (χ2v) is 6.93. The first-order valence-corrected chi connectivity index (χ1v) is 7.75. The number of aliphatic carboxylic acids is 1. The lowest BCUT2D eigenvalue weighted by atomic mass is 9.73. The van der Waals surface area contributed by atoms with E-state index in [2.05, 4.69) is 12.2 Å². The number of carboxylic acid groups (broad SMARTS) is 1. The monoisotopic (exact) mass is 301 g/mol. The molecule has 0 aromatic heterocycles. The van der Waals surface area contributed by atoms with E-state index < -0.39 is 23.1 Å². The summed E-state index contributed by atoms with van der Waals surface area (Å²) in [7, 11) is 0. The number of ether oxygens (including phenoxy) is 1. The number of amides is 1. The second-order valence-electron chi connectivity index (χ2n) is 6.93. The average Bonchev–Trinajstić information content (AvgIpc) is 2.30. The van der Waals surface area contributed by atoms with Gasteiger partial charge in [0.25, 0.3) is 0 Å². The lowest BCUT2D eigenvalue weighted by Crippen LogP contribution is -2.47. The molecule has 0 radical (unpaired) electrons. The van der Waals surface area contributed by atoms with E-state index in [1.54, 1.807) is 20.8 Å². The quantitative estimate of drug-likeness (QED) is 0.668. The molecule has 124 valence electrons. The molecule has 1 unspecified atom stereocenters. The summed E-state index contributed by atoms with van der Waals surface area (Å²) < 4.78 is 5.18. The molecule has 5 nitrogen and oxygen atoms in total. The Kier molecular flexibility index (Phi) is 7.75. The largest absolute Gasteiger partial charge is 0.481 e. The van der Waals surface area contributed by atoms with E-state index in [0.717, 1.165) is 19.3 Å². The summed E-state index contributed by atoms with van der Waals surface area (Å²) in [5, 5.41) is 12.3. The Balaban J connectivity index is 4.82. The molecule has 0 rings (SSSR count). The van der Waals surface area contributed by atoms with Gasteiger partial charge < -0.3 is 15.2 Å². The third kappa shape index (κ3) is 6.82. The fraction of sp³-hybridized carbons (Fsp3) is 0.875. The minimum absolute atomic E-state index is 0.0678. The van der Waals surface area contributed by atoms with Crippen LogP contribution in [0.15, 0.2) is 0 Å². The number of hydrogen-bond acceptors (Lipinski definition) is 3. The Bertz CT molecular complexity index is 347. The molecule has 0 spiro atoms. The summed E-state index contributed by atoms with van der Waals surface area (Å²) in [4.78, 5) is 23.5. The normalized spacial score (nSPS) is 14.6. The average molecular weight is 301 g/mol. The van der Waals surface area contributed by atoms with Gasteiger partial charge in [-0.15, -0.1) is 0 Å².